The van der Waals surface area contributed by atoms with Crippen LogP contribution in [0.1, 0.15) is 18.9 Å². The number of rotatable bonds is 7. The van der Waals surface area contributed by atoms with Crippen LogP contribution in [-0.2, 0) is 11.3 Å². The molecule has 0 unspecified atom stereocenters. The van der Waals surface area contributed by atoms with E-state index in [0.29, 0.717) is 18.3 Å². The molecule has 0 aliphatic heterocycles. The maximum atomic E-state index is 5.52. The van der Waals surface area contributed by atoms with Crippen molar-refractivity contribution >= 4 is 17.3 Å². The molecule has 0 bridgehead atoms. The van der Waals surface area contributed by atoms with Gasteiger partial charge in [-0.05, 0) is 24.2 Å². The van der Waals surface area contributed by atoms with Crippen LogP contribution >= 0.6 is 12.2 Å². The van der Waals surface area contributed by atoms with Gasteiger partial charge in [0.25, 0.3) is 0 Å². The summed E-state index contributed by atoms with van der Waals surface area (Å²) in [5, 5.41) is 6.91. The first-order chi connectivity index (χ1) is 8.33. The van der Waals surface area contributed by atoms with Crippen molar-refractivity contribution < 1.29 is 4.74 Å². The monoisotopic (exact) mass is 252 g/mol. The fourth-order valence-corrected chi connectivity index (χ4v) is 1.51. The zero-order valence-corrected chi connectivity index (χ0v) is 11.1. The Labute approximate surface area is 109 Å². The van der Waals surface area contributed by atoms with Crippen LogP contribution in [0.2, 0.25) is 0 Å². The van der Waals surface area contributed by atoms with E-state index >= 15 is 0 Å². The predicted molar refractivity (Wildman–Crippen MR) is 75.0 cm³/mol. The lowest BCUT2D eigenvalue weighted by molar-refractivity contribution is 0.125. The summed E-state index contributed by atoms with van der Waals surface area (Å²) < 4.78 is 5.52. The minimum Gasteiger partial charge on any atom is -0.375 e. The summed E-state index contributed by atoms with van der Waals surface area (Å²) in [7, 11) is 0. The van der Waals surface area contributed by atoms with Gasteiger partial charge in [-0.25, -0.2) is 0 Å². The van der Waals surface area contributed by atoms with E-state index in [-0.39, 0.29) is 0 Å². The van der Waals surface area contributed by atoms with Crippen molar-refractivity contribution in [2.45, 2.75) is 20.0 Å². The molecule has 3 nitrogen and oxygen atoms in total. The lowest BCUT2D eigenvalue weighted by atomic mass is 10.2. The summed E-state index contributed by atoms with van der Waals surface area (Å²) >= 11 is 5.08. The zero-order chi connectivity index (χ0) is 12.3. The largest absolute Gasteiger partial charge is 0.375 e. The third-order valence-electron chi connectivity index (χ3n) is 2.18. The molecule has 4 heteroatoms. The Kier molecular flexibility index (Phi) is 7.34. The lowest BCUT2D eigenvalue weighted by Crippen LogP contribution is -2.37. The number of thiocarbonyl (C=S) groups is 1. The second-order valence-electron chi connectivity index (χ2n) is 3.72. The first kappa shape index (κ1) is 13.9. The topological polar surface area (TPSA) is 33.3 Å². The molecule has 1 rings (SSSR count). The van der Waals surface area contributed by atoms with Crippen LogP contribution in [0.4, 0.5) is 0 Å². The molecule has 0 aromatic heterocycles. The summed E-state index contributed by atoms with van der Waals surface area (Å²) in [5.74, 6) is 0. The van der Waals surface area contributed by atoms with E-state index < -0.39 is 0 Å². The molecule has 0 atom stereocenters. The van der Waals surface area contributed by atoms with Gasteiger partial charge >= 0.3 is 0 Å². The van der Waals surface area contributed by atoms with Crippen LogP contribution in [0.3, 0.4) is 0 Å². The molecule has 0 amide bonds. The first-order valence-corrected chi connectivity index (χ1v) is 6.37. The Morgan fingerprint density at radius 3 is 2.59 bits per heavy atom. The molecule has 0 spiro atoms. The van der Waals surface area contributed by atoms with E-state index in [9.17, 15) is 0 Å². The van der Waals surface area contributed by atoms with Crippen LogP contribution in [0.25, 0.3) is 0 Å². The molecular weight excluding hydrogens is 232 g/mol. The summed E-state index contributed by atoms with van der Waals surface area (Å²) in [6.45, 7) is 5.07. The minimum absolute atomic E-state index is 0.650. The van der Waals surface area contributed by atoms with E-state index in [1.807, 2.05) is 18.2 Å². The van der Waals surface area contributed by atoms with Crippen molar-refractivity contribution in [3.63, 3.8) is 0 Å². The normalized spacial score (nSPS) is 9.94. The van der Waals surface area contributed by atoms with E-state index in [2.05, 4.69) is 29.7 Å². The van der Waals surface area contributed by atoms with Crippen LogP contribution in [0.5, 0.6) is 0 Å². The molecule has 94 valence electrons. The highest BCUT2D eigenvalue weighted by atomic mass is 32.1. The number of benzene rings is 1. The van der Waals surface area contributed by atoms with Crippen LogP contribution in [-0.4, -0.2) is 24.8 Å². The van der Waals surface area contributed by atoms with Gasteiger partial charge in [0, 0.05) is 13.1 Å². The third-order valence-corrected chi connectivity index (χ3v) is 2.47. The van der Waals surface area contributed by atoms with Gasteiger partial charge in [0.05, 0.1) is 13.2 Å². The van der Waals surface area contributed by atoms with Crippen molar-refractivity contribution in [3.05, 3.63) is 35.9 Å². The van der Waals surface area contributed by atoms with Gasteiger partial charge in [0.2, 0.25) is 0 Å². The Bertz CT molecular complexity index is 316. The number of hydrogen-bond acceptors (Lipinski definition) is 2. The van der Waals surface area contributed by atoms with Gasteiger partial charge in [0.15, 0.2) is 5.11 Å². The molecule has 2 N–H and O–H groups in total. The van der Waals surface area contributed by atoms with E-state index in [1.54, 1.807) is 0 Å². The molecule has 0 aliphatic rings. The summed E-state index contributed by atoms with van der Waals surface area (Å²) in [6, 6.07) is 10.1. The second kappa shape index (κ2) is 8.96. The van der Waals surface area contributed by atoms with Gasteiger partial charge in [-0.3, -0.25) is 0 Å². The van der Waals surface area contributed by atoms with Crippen molar-refractivity contribution in [1.29, 1.82) is 0 Å². The van der Waals surface area contributed by atoms with Crippen molar-refractivity contribution in [2.75, 3.05) is 19.7 Å². The van der Waals surface area contributed by atoms with Gasteiger partial charge in [-0.1, -0.05) is 37.3 Å². The minimum atomic E-state index is 0.650. The highest BCUT2D eigenvalue weighted by Crippen LogP contribution is 1.99. The number of hydrogen-bond donors (Lipinski definition) is 2. The Balaban J connectivity index is 1.99. The SMILES string of the molecule is CCCNC(=S)NCCOCc1ccccc1. The van der Waals surface area contributed by atoms with Crippen LogP contribution < -0.4 is 10.6 Å². The van der Waals surface area contributed by atoms with Crippen molar-refractivity contribution in [3.8, 4) is 0 Å². The molecule has 0 saturated heterocycles. The highest BCUT2D eigenvalue weighted by molar-refractivity contribution is 7.80. The maximum absolute atomic E-state index is 5.52. The molecule has 1 aromatic carbocycles. The van der Waals surface area contributed by atoms with E-state index in [1.165, 1.54) is 5.56 Å². The average molecular weight is 252 g/mol. The Hall–Kier alpha value is -1.13. The van der Waals surface area contributed by atoms with Crippen molar-refractivity contribution in [2.24, 2.45) is 0 Å². The number of nitrogens with one attached hydrogen (secondary N) is 2. The fourth-order valence-electron chi connectivity index (χ4n) is 1.30. The standard InChI is InChI=1S/C13H20N2OS/c1-2-8-14-13(17)15-9-10-16-11-12-6-4-3-5-7-12/h3-7H,2,8-11H2,1H3,(H2,14,15,17). The molecule has 0 heterocycles. The second-order valence-corrected chi connectivity index (χ2v) is 4.13. The summed E-state index contributed by atoms with van der Waals surface area (Å²) in [4.78, 5) is 0. The van der Waals surface area contributed by atoms with E-state index in [0.717, 1.165) is 19.5 Å². The van der Waals surface area contributed by atoms with Crippen LogP contribution in [0, 0.1) is 0 Å². The maximum Gasteiger partial charge on any atom is 0.166 e. The van der Waals surface area contributed by atoms with Gasteiger partial charge in [-0.2, -0.15) is 0 Å². The van der Waals surface area contributed by atoms with Crippen LogP contribution in [0.15, 0.2) is 30.3 Å². The third kappa shape index (κ3) is 6.92. The van der Waals surface area contributed by atoms with Crippen molar-refractivity contribution in [1.82, 2.24) is 10.6 Å². The van der Waals surface area contributed by atoms with Gasteiger partial charge in [-0.15, -0.1) is 0 Å². The van der Waals surface area contributed by atoms with Gasteiger partial charge in [0.1, 0.15) is 0 Å². The zero-order valence-electron chi connectivity index (χ0n) is 10.2. The molecule has 1 aromatic rings. The first-order valence-electron chi connectivity index (χ1n) is 5.96. The number of ether oxygens (including phenoxy) is 1. The van der Waals surface area contributed by atoms with Gasteiger partial charge < -0.3 is 15.4 Å². The molecule has 0 aliphatic carbocycles. The highest BCUT2D eigenvalue weighted by Gasteiger charge is 1.94. The average Bonchev–Trinajstić information content (AvgIpc) is 2.37. The van der Waals surface area contributed by atoms with E-state index in [4.69, 9.17) is 17.0 Å². The Morgan fingerprint density at radius 2 is 1.88 bits per heavy atom. The smallest absolute Gasteiger partial charge is 0.166 e. The molecule has 17 heavy (non-hydrogen) atoms. The molecule has 0 saturated carbocycles. The quantitative estimate of drug-likeness (QED) is 0.575. The molecule has 0 fully saturated rings. The Morgan fingerprint density at radius 1 is 1.18 bits per heavy atom. The molecule has 0 radical (unpaired) electrons. The summed E-state index contributed by atoms with van der Waals surface area (Å²) in [6.07, 6.45) is 1.08. The lowest BCUT2D eigenvalue weighted by Gasteiger charge is -2.09. The molecular formula is C13H20N2OS. The summed E-state index contributed by atoms with van der Waals surface area (Å²) in [5.41, 5.74) is 1.19. The predicted octanol–water partition coefficient (Wildman–Crippen LogP) is 2.08. The fraction of sp³-hybridized carbons (Fsp3) is 0.462.